The summed E-state index contributed by atoms with van der Waals surface area (Å²) in [5.74, 6) is 0.890. The zero-order valence-electron chi connectivity index (χ0n) is 10.8. The Balaban J connectivity index is 1.96. The van der Waals surface area contributed by atoms with Gasteiger partial charge in [0.15, 0.2) is 0 Å². The minimum atomic E-state index is 0.0205. The van der Waals surface area contributed by atoms with Crippen LogP contribution in [0.5, 0.6) is 11.8 Å². The van der Waals surface area contributed by atoms with E-state index < -0.39 is 0 Å². The molecule has 0 atom stereocenters. The highest BCUT2D eigenvalue weighted by atomic mass is 35.5. The minimum absolute atomic E-state index is 0.0205. The van der Waals surface area contributed by atoms with Gasteiger partial charge in [-0.25, -0.2) is 4.98 Å². The molecule has 2 heterocycles. The first kappa shape index (κ1) is 13.8. The topological polar surface area (TPSA) is 78.6 Å². The number of ether oxygens (including phenoxy) is 1. The van der Waals surface area contributed by atoms with E-state index in [4.69, 9.17) is 16.3 Å². The molecule has 0 aliphatic rings. The third-order valence-corrected chi connectivity index (χ3v) is 3.42. The average molecular weight is 321 g/mol. The molecular weight excluding hydrogens is 312 g/mol. The molecule has 7 nitrogen and oxygen atoms in total. The smallest absolute Gasteiger partial charge is 0.328 e. The van der Waals surface area contributed by atoms with Gasteiger partial charge in [0.25, 0.3) is 5.95 Å². The number of hydrogen-bond acceptors (Lipinski definition) is 7. The van der Waals surface area contributed by atoms with E-state index in [0.717, 1.165) is 4.90 Å². The fourth-order valence-electron chi connectivity index (χ4n) is 1.58. The minimum Gasteiger partial charge on any atom is -0.423 e. The van der Waals surface area contributed by atoms with Crippen molar-refractivity contribution in [2.75, 3.05) is 6.26 Å². The van der Waals surface area contributed by atoms with E-state index in [2.05, 4.69) is 25.0 Å². The van der Waals surface area contributed by atoms with E-state index in [-0.39, 0.29) is 17.2 Å². The van der Waals surface area contributed by atoms with E-state index in [1.165, 1.54) is 17.3 Å². The lowest BCUT2D eigenvalue weighted by molar-refractivity contribution is 0.428. The number of benzene rings is 1. The van der Waals surface area contributed by atoms with Crippen molar-refractivity contribution in [1.82, 2.24) is 29.7 Å². The second-order valence-corrected chi connectivity index (χ2v) is 4.97. The molecule has 1 aromatic carbocycles. The third kappa shape index (κ3) is 3.11. The highest BCUT2D eigenvalue weighted by Gasteiger charge is 2.11. The number of thioether (sulfide) groups is 1. The van der Waals surface area contributed by atoms with Gasteiger partial charge in [0.2, 0.25) is 5.28 Å². The molecule has 0 fully saturated rings. The highest BCUT2D eigenvalue weighted by molar-refractivity contribution is 7.98. The van der Waals surface area contributed by atoms with Gasteiger partial charge in [-0.1, -0.05) is 12.1 Å². The summed E-state index contributed by atoms with van der Waals surface area (Å²) < 4.78 is 7.07. The summed E-state index contributed by atoms with van der Waals surface area (Å²) in [6.45, 7) is 0. The maximum Gasteiger partial charge on any atom is 0.328 e. The van der Waals surface area contributed by atoms with Crippen molar-refractivity contribution in [3.05, 3.63) is 42.2 Å². The molecule has 0 bridgehead atoms. The van der Waals surface area contributed by atoms with E-state index in [0.29, 0.717) is 5.75 Å². The fraction of sp³-hybridized carbons (Fsp3) is 0.0833. The number of rotatable bonds is 4. The summed E-state index contributed by atoms with van der Waals surface area (Å²) in [6, 6.07) is 7.68. The second-order valence-electron chi connectivity index (χ2n) is 3.78. The quantitative estimate of drug-likeness (QED) is 0.684. The molecule has 0 unspecified atom stereocenters. The van der Waals surface area contributed by atoms with E-state index in [9.17, 15) is 0 Å². The number of para-hydroxylation sites is 1. The Morgan fingerprint density at radius 1 is 1.19 bits per heavy atom. The molecule has 0 amide bonds. The standard InChI is InChI=1S/C12H9ClN6OS/c1-21-9-5-3-2-4-8(9)20-12-17-10(13)16-11(18-12)19-7-14-6-15-19/h2-7H,1H3. The normalized spacial score (nSPS) is 10.6. The van der Waals surface area contributed by atoms with Crippen molar-refractivity contribution in [1.29, 1.82) is 0 Å². The van der Waals surface area contributed by atoms with Crippen molar-refractivity contribution in [2.45, 2.75) is 4.90 Å². The van der Waals surface area contributed by atoms with Gasteiger partial charge in [-0.15, -0.1) is 11.8 Å². The summed E-state index contributed by atoms with van der Waals surface area (Å²) in [7, 11) is 0. The monoisotopic (exact) mass is 320 g/mol. The van der Waals surface area contributed by atoms with Crippen molar-refractivity contribution in [2.24, 2.45) is 0 Å². The van der Waals surface area contributed by atoms with Gasteiger partial charge in [0.1, 0.15) is 18.4 Å². The van der Waals surface area contributed by atoms with Crippen LogP contribution in [0.15, 0.2) is 41.8 Å². The van der Waals surface area contributed by atoms with Crippen LogP contribution < -0.4 is 4.74 Å². The predicted octanol–water partition coefficient (Wildman–Crippen LogP) is 2.62. The lowest BCUT2D eigenvalue weighted by Gasteiger charge is -2.08. The predicted molar refractivity (Wildman–Crippen MR) is 78.1 cm³/mol. The van der Waals surface area contributed by atoms with E-state index in [1.807, 2.05) is 30.5 Å². The average Bonchev–Trinajstić information content (AvgIpc) is 3.01. The lowest BCUT2D eigenvalue weighted by Crippen LogP contribution is -2.05. The molecule has 0 saturated carbocycles. The Labute approximate surface area is 129 Å². The molecule has 0 aliphatic carbocycles. The first-order valence-electron chi connectivity index (χ1n) is 5.83. The highest BCUT2D eigenvalue weighted by Crippen LogP contribution is 2.30. The van der Waals surface area contributed by atoms with Gasteiger partial charge < -0.3 is 4.74 Å². The Bertz CT molecular complexity index is 751. The number of halogens is 1. The zero-order chi connectivity index (χ0) is 14.7. The van der Waals surface area contributed by atoms with Crippen LogP contribution >= 0.6 is 23.4 Å². The third-order valence-electron chi connectivity index (χ3n) is 2.47. The van der Waals surface area contributed by atoms with Crippen LogP contribution in [0.1, 0.15) is 0 Å². The molecule has 3 rings (SSSR count). The molecule has 106 valence electrons. The number of aromatic nitrogens is 6. The van der Waals surface area contributed by atoms with Gasteiger partial charge in [-0.05, 0) is 30.0 Å². The largest absolute Gasteiger partial charge is 0.423 e. The summed E-state index contributed by atoms with van der Waals surface area (Å²) in [5.41, 5.74) is 0. The van der Waals surface area contributed by atoms with Crippen LogP contribution in [0.4, 0.5) is 0 Å². The van der Waals surface area contributed by atoms with Crippen molar-refractivity contribution in [3.63, 3.8) is 0 Å². The zero-order valence-corrected chi connectivity index (χ0v) is 12.4. The molecule has 21 heavy (non-hydrogen) atoms. The Kier molecular flexibility index (Phi) is 3.98. The first-order valence-corrected chi connectivity index (χ1v) is 7.44. The molecule has 9 heteroatoms. The van der Waals surface area contributed by atoms with Crippen LogP contribution in [-0.2, 0) is 0 Å². The molecule has 2 aromatic heterocycles. The van der Waals surface area contributed by atoms with Gasteiger partial charge >= 0.3 is 6.01 Å². The van der Waals surface area contributed by atoms with Crippen molar-refractivity contribution >= 4 is 23.4 Å². The summed E-state index contributed by atoms with van der Waals surface area (Å²) in [5, 5.41) is 3.96. The maximum absolute atomic E-state index is 5.90. The van der Waals surface area contributed by atoms with E-state index >= 15 is 0 Å². The molecule has 0 N–H and O–H groups in total. The van der Waals surface area contributed by atoms with Crippen LogP contribution in [-0.4, -0.2) is 36.0 Å². The van der Waals surface area contributed by atoms with Crippen molar-refractivity contribution < 1.29 is 4.74 Å². The molecule has 0 spiro atoms. The summed E-state index contributed by atoms with van der Waals surface area (Å²) in [6.07, 6.45) is 4.80. The van der Waals surface area contributed by atoms with Gasteiger partial charge in [0.05, 0.1) is 0 Å². The Morgan fingerprint density at radius 3 is 2.81 bits per heavy atom. The van der Waals surface area contributed by atoms with Gasteiger partial charge in [0, 0.05) is 4.90 Å². The molecule has 0 saturated heterocycles. The van der Waals surface area contributed by atoms with Gasteiger partial charge in [-0.2, -0.15) is 24.7 Å². The summed E-state index contributed by atoms with van der Waals surface area (Å²) in [4.78, 5) is 16.9. The molecular formula is C12H9ClN6OS. The molecule has 0 aliphatic heterocycles. The van der Waals surface area contributed by atoms with Crippen LogP contribution in [0.3, 0.4) is 0 Å². The van der Waals surface area contributed by atoms with Crippen LogP contribution in [0, 0.1) is 0 Å². The Hall–Kier alpha value is -2.19. The summed E-state index contributed by atoms with van der Waals surface area (Å²) >= 11 is 7.46. The number of hydrogen-bond donors (Lipinski definition) is 0. The SMILES string of the molecule is CSc1ccccc1Oc1nc(Cl)nc(-n2cncn2)n1. The number of nitrogens with zero attached hydrogens (tertiary/aromatic N) is 6. The fourth-order valence-corrected chi connectivity index (χ4v) is 2.26. The lowest BCUT2D eigenvalue weighted by atomic mass is 10.3. The van der Waals surface area contributed by atoms with Crippen molar-refractivity contribution in [3.8, 4) is 17.7 Å². The maximum atomic E-state index is 5.90. The first-order chi connectivity index (χ1) is 10.3. The van der Waals surface area contributed by atoms with Gasteiger partial charge in [-0.3, -0.25) is 0 Å². The molecule has 3 aromatic rings. The van der Waals surface area contributed by atoms with E-state index in [1.54, 1.807) is 11.8 Å². The Morgan fingerprint density at radius 2 is 2.05 bits per heavy atom. The molecule has 0 radical (unpaired) electrons. The van der Waals surface area contributed by atoms with Crippen LogP contribution in [0.2, 0.25) is 5.28 Å². The second kappa shape index (κ2) is 6.06. The van der Waals surface area contributed by atoms with Crippen LogP contribution in [0.25, 0.3) is 5.95 Å².